The first-order valence-corrected chi connectivity index (χ1v) is 6.58. The van der Waals surface area contributed by atoms with Crippen LogP contribution in [0.2, 0.25) is 0 Å². The topological polar surface area (TPSA) is 38.9 Å². The van der Waals surface area contributed by atoms with E-state index in [1.54, 1.807) is 0 Å². The van der Waals surface area contributed by atoms with E-state index >= 15 is 0 Å². The maximum Gasteiger partial charge on any atom is 0.0550 e. The Labute approximate surface area is 95.7 Å². The van der Waals surface area contributed by atoms with Crippen LogP contribution in [0.1, 0.15) is 37.8 Å². The van der Waals surface area contributed by atoms with Crippen molar-refractivity contribution in [2.45, 2.75) is 48.8 Å². The van der Waals surface area contributed by atoms with E-state index in [4.69, 9.17) is 5.73 Å². The molecule has 3 heteroatoms. The van der Waals surface area contributed by atoms with Gasteiger partial charge >= 0.3 is 0 Å². The Balaban J connectivity index is 1.96. The Bertz CT molecular complexity index is 308. The van der Waals surface area contributed by atoms with Crippen molar-refractivity contribution in [3.8, 4) is 0 Å². The van der Waals surface area contributed by atoms with Gasteiger partial charge < -0.3 is 5.73 Å². The van der Waals surface area contributed by atoms with Gasteiger partial charge in [0.1, 0.15) is 0 Å². The number of thioether (sulfide) groups is 1. The van der Waals surface area contributed by atoms with Crippen molar-refractivity contribution >= 4 is 11.8 Å². The quantitative estimate of drug-likeness (QED) is 0.854. The Morgan fingerprint density at radius 1 is 1.33 bits per heavy atom. The zero-order valence-corrected chi connectivity index (χ0v) is 9.80. The Morgan fingerprint density at radius 3 is 2.87 bits per heavy atom. The molecule has 2 rings (SSSR count). The van der Waals surface area contributed by atoms with Crippen LogP contribution in [0.5, 0.6) is 0 Å². The van der Waals surface area contributed by atoms with Crippen LogP contribution in [0, 0.1) is 0 Å². The van der Waals surface area contributed by atoms with E-state index in [1.807, 2.05) is 18.0 Å². The molecular formula is C12H18N2S. The van der Waals surface area contributed by atoms with E-state index in [-0.39, 0.29) is 0 Å². The van der Waals surface area contributed by atoms with E-state index in [0.717, 1.165) is 10.9 Å². The SMILES string of the molecule is NCc1cc(SC2CCCCC2)ccn1. The fourth-order valence-electron chi connectivity index (χ4n) is 2.02. The first kappa shape index (κ1) is 11.0. The number of rotatable bonds is 3. The average molecular weight is 222 g/mol. The van der Waals surface area contributed by atoms with Crippen LogP contribution >= 0.6 is 11.8 Å². The zero-order valence-electron chi connectivity index (χ0n) is 8.98. The van der Waals surface area contributed by atoms with Crippen LogP contribution < -0.4 is 5.73 Å². The number of nitrogens with two attached hydrogens (primary N) is 1. The highest BCUT2D eigenvalue weighted by atomic mass is 32.2. The second kappa shape index (κ2) is 5.52. The molecule has 0 aliphatic heterocycles. The van der Waals surface area contributed by atoms with Crippen molar-refractivity contribution in [3.05, 3.63) is 24.0 Å². The summed E-state index contributed by atoms with van der Waals surface area (Å²) in [5.74, 6) is 0. The molecule has 0 amide bonds. The van der Waals surface area contributed by atoms with Gasteiger partial charge in [-0.15, -0.1) is 11.8 Å². The van der Waals surface area contributed by atoms with Crippen molar-refractivity contribution in [1.82, 2.24) is 4.98 Å². The van der Waals surface area contributed by atoms with Crippen molar-refractivity contribution < 1.29 is 0 Å². The molecule has 15 heavy (non-hydrogen) atoms. The number of pyridine rings is 1. The monoisotopic (exact) mass is 222 g/mol. The molecule has 1 fully saturated rings. The molecule has 1 heterocycles. The highest BCUT2D eigenvalue weighted by molar-refractivity contribution is 8.00. The van der Waals surface area contributed by atoms with Crippen molar-refractivity contribution in [3.63, 3.8) is 0 Å². The molecule has 1 aliphatic rings. The number of aromatic nitrogens is 1. The van der Waals surface area contributed by atoms with Crippen LogP contribution in [0.15, 0.2) is 23.2 Å². The van der Waals surface area contributed by atoms with E-state index in [9.17, 15) is 0 Å². The summed E-state index contributed by atoms with van der Waals surface area (Å²) in [5, 5.41) is 0.812. The summed E-state index contributed by atoms with van der Waals surface area (Å²) in [6.45, 7) is 0.541. The van der Waals surface area contributed by atoms with E-state index in [1.165, 1.54) is 37.0 Å². The minimum Gasteiger partial charge on any atom is -0.325 e. The van der Waals surface area contributed by atoms with Crippen LogP contribution in [-0.4, -0.2) is 10.2 Å². The minimum absolute atomic E-state index is 0.541. The van der Waals surface area contributed by atoms with Crippen LogP contribution in [0.3, 0.4) is 0 Å². The summed E-state index contributed by atoms with van der Waals surface area (Å²) in [5.41, 5.74) is 6.58. The predicted molar refractivity (Wildman–Crippen MR) is 64.9 cm³/mol. The van der Waals surface area contributed by atoms with Crippen LogP contribution in [-0.2, 0) is 6.54 Å². The first-order chi connectivity index (χ1) is 7.38. The average Bonchev–Trinajstić information content (AvgIpc) is 2.31. The lowest BCUT2D eigenvalue weighted by atomic mass is 10.0. The predicted octanol–water partition coefficient (Wildman–Crippen LogP) is 2.97. The summed E-state index contributed by atoms with van der Waals surface area (Å²) >= 11 is 2.00. The zero-order chi connectivity index (χ0) is 10.5. The van der Waals surface area contributed by atoms with E-state index in [0.29, 0.717) is 6.54 Å². The molecular weight excluding hydrogens is 204 g/mol. The molecule has 0 atom stereocenters. The largest absolute Gasteiger partial charge is 0.325 e. The van der Waals surface area contributed by atoms with Gasteiger partial charge in [0.25, 0.3) is 0 Å². The lowest BCUT2D eigenvalue weighted by Crippen LogP contribution is -2.08. The number of hydrogen-bond donors (Lipinski definition) is 1. The minimum atomic E-state index is 0.541. The lowest BCUT2D eigenvalue weighted by Gasteiger charge is -2.20. The molecule has 1 saturated carbocycles. The van der Waals surface area contributed by atoms with Gasteiger partial charge in [-0.3, -0.25) is 4.98 Å². The van der Waals surface area contributed by atoms with Gasteiger partial charge in [0.05, 0.1) is 5.69 Å². The second-order valence-corrected chi connectivity index (χ2v) is 5.44. The summed E-state index contributed by atoms with van der Waals surface area (Å²) in [7, 11) is 0. The van der Waals surface area contributed by atoms with Crippen molar-refractivity contribution in [2.75, 3.05) is 0 Å². The van der Waals surface area contributed by atoms with Crippen molar-refractivity contribution in [2.24, 2.45) is 5.73 Å². The van der Waals surface area contributed by atoms with Crippen LogP contribution in [0.4, 0.5) is 0 Å². The van der Waals surface area contributed by atoms with Crippen LogP contribution in [0.25, 0.3) is 0 Å². The van der Waals surface area contributed by atoms with Gasteiger partial charge in [0.15, 0.2) is 0 Å². The normalized spacial score (nSPS) is 17.9. The Morgan fingerprint density at radius 2 is 2.13 bits per heavy atom. The summed E-state index contributed by atoms with van der Waals surface area (Å²) in [4.78, 5) is 5.54. The summed E-state index contributed by atoms with van der Waals surface area (Å²) in [6, 6.07) is 4.22. The lowest BCUT2D eigenvalue weighted by molar-refractivity contribution is 0.516. The number of nitrogens with zero attached hydrogens (tertiary/aromatic N) is 1. The van der Waals surface area contributed by atoms with Crippen molar-refractivity contribution in [1.29, 1.82) is 0 Å². The van der Waals surface area contributed by atoms with E-state index < -0.39 is 0 Å². The molecule has 0 saturated heterocycles. The first-order valence-electron chi connectivity index (χ1n) is 5.70. The third-order valence-electron chi connectivity index (χ3n) is 2.85. The van der Waals surface area contributed by atoms with Gasteiger partial charge in [-0.05, 0) is 25.0 Å². The highest BCUT2D eigenvalue weighted by Gasteiger charge is 2.14. The summed E-state index contributed by atoms with van der Waals surface area (Å²) in [6.07, 6.45) is 8.81. The maximum absolute atomic E-state index is 5.58. The smallest absolute Gasteiger partial charge is 0.0550 e. The molecule has 1 aliphatic carbocycles. The molecule has 0 aromatic carbocycles. The molecule has 0 unspecified atom stereocenters. The van der Waals surface area contributed by atoms with Gasteiger partial charge in [0.2, 0.25) is 0 Å². The van der Waals surface area contributed by atoms with Gasteiger partial charge in [-0.1, -0.05) is 19.3 Å². The molecule has 2 nitrogen and oxygen atoms in total. The van der Waals surface area contributed by atoms with E-state index in [2.05, 4.69) is 17.1 Å². The molecule has 0 bridgehead atoms. The van der Waals surface area contributed by atoms with Gasteiger partial charge in [-0.25, -0.2) is 0 Å². The summed E-state index contributed by atoms with van der Waals surface area (Å²) < 4.78 is 0. The Kier molecular flexibility index (Phi) is 4.03. The number of hydrogen-bond acceptors (Lipinski definition) is 3. The maximum atomic E-state index is 5.58. The molecule has 1 aromatic rings. The molecule has 1 aromatic heterocycles. The van der Waals surface area contributed by atoms with Gasteiger partial charge in [0, 0.05) is 22.9 Å². The molecule has 2 N–H and O–H groups in total. The standard InChI is InChI=1S/C12H18N2S/c13-9-10-8-12(6-7-14-10)15-11-4-2-1-3-5-11/h6-8,11H,1-5,9,13H2. The third-order valence-corrected chi connectivity index (χ3v) is 4.18. The fraction of sp³-hybridized carbons (Fsp3) is 0.583. The molecule has 82 valence electrons. The fourth-order valence-corrected chi connectivity index (χ4v) is 3.31. The Hall–Kier alpha value is -0.540. The van der Waals surface area contributed by atoms with Gasteiger partial charge in [-0.2, -0.15) is 0 Å². The molecule has 0 radical (unpaired) electrons. The second-order valence-electron chi connectivity index (χ2n) is 4.06. The molecule has 0 spiro atoms. The third kappa shape index (κ3) is 3.21. The highest BCUT2D eigenvalue weighted by Crippen LogP contribution is 2.33.